The van der Waals surface area contributed by atoms with Crippen molar-refractivity contribution in [2.45, 2.75) is 18.4 Å². The highest BCUT2D eigenvalue weighted by Gasteiger charge is 2.30. The Morgan fingerprint density at radius 2 is 1.59 bits per heavy atom. The van der Waals surface area contributed by atoms with Gasteiger partial charge in [-0.15, -0.1) is 0 Å². The van der Waals surface area contributed by atoms with Crippen LogP contribution in [0.3, 0.4) is 0 Å². The van der Waals surface area contributed by atoms with E-state index in [0.717, 1.165) is 22.3 Å². The zero-order valence-electron chi connectivity index (χ0n) is 21.6. The Hall–Kier alpha value is -5.51. The SMILES string of the molecule is O=C(NC(Cc1c(-c2ccc([N+](=O)[O-])cc2)nc2ccccn12)C(=O)O)OCC1c2ccccc2-c2ccccc21. The predicted octanol–water partition coefficient (Wildman–Crippen LogP) is 5.44. The molecule has 2 heterocycles. The number of fused-ring (bicyclic) bond motifs is 4. The second-order valence-corrected chi connectivity index (χ2v) is 9.70. The number of hydrogen-bond donors (Lipinski definition) is 2. The molecule has 0 radical (unpaired) electrons. The molecule has 1 atom stereocenters. The van der Waals surface area contributed by atoms with Crippen molar-refractivity contribution >= 4 is 23.4 Å². The maximum absolute atomic E-state index is 12.9. The van der Waals surface area contributed by atoms with E-state index in [-0.39, 0.29) is 24.6 Å². The van der Waals surface area contributed by atoms with Crippen LogP contribution in [0.2, 0.25) is 0 Å². The van der Waals surface area contributed by atoms with Crippen LogP contribution in [0.4, 0.5) is 10.5 Å². The zero-order chi connectivity index (χ0) is 28.5. The number of aromatic nitrogens is 2. The fourth-order valence-corrected chi connectivity index (χ4v) is 5.39. The van der Waals surface area contributed by atoms with Crippen LogP contribution in [0.15, 0.2) is 97.2 Å². The lowest BCUT2D eigenvalue weighted by Gasteiger charge is -2.18. The summed E-state index contributed by atoms with van der Waals surface area (Å²) >= 11 is 0. The summed E-state index contributed by atoms with van der Waals surface area (Å²) in [6.45, 7) is 0.0514. The van der Waals surface area contributed by atoms with Crippen LogP contribution in [0, 0.1) is 10.1 Å². The number of carbonyl (C=O) groups is 2. The summed E-state index contributed by atoms with van der Waals surface area (Å²) in [5.41, 5.74) is 6.36. The van der Waals surface area contributed by atoms with Crippen LogP contribution in [0.1, 0.15) is 22.7 Å². The Morgan fingerprint density at radius 3 is 2.22 bits per heavy atom. The van der Waals surface area contributed by atoms with Crippen molar-refractivity contribution in [1.29, 1.82) is 0 Å². The molecule has 10 heteroatoms. The Balaban J connectivity index is 1.23. The molecule has 2 aromatic heterocycles. The highest BCUT2D eigenvalue weighted by Crippen LogP contribution is 2.44. The van der Waals surface area contributed by atoms with E-state index in [1.807, 2.05) is 48.5 Å². The number of alkyl carbamates (subject to hydrolysis) is 1. The van der Waals surface area contributed by atoms with Crippen LogP contribution in [-0.2, 0) is 16.0 Å². The molecular formula is C31H24N4O6. The Kier molecular flexibility index (Phi) is 6.64. The molecule has 6 rings (SSSR count). The van der Waals surface area contributed by atoms with Crippen LogP contribution in [0.5, 0.6) is 0 Å². The standard InChI is InChI=1S/C31H24N4O6/c36-30(37)26(32-31(38)41-18-25-23-9-3-1-7-21(23)22-8-2-4-10-24(22)25)17-27-29(33-28-11-5-6-16-34(27)28)19-12-14-20(15-13-19)35(39)40/h1-16,25-26H,17-18H2,(H,32,38)(H,36,37). The molecule has 0 aliphatic heterocycles. The number of nitro groups is 1. The largest absolute Gasteiger partial charge is 0.480 e. The first kappa shape index (κ1) is 25.8. The van der Waals surface area contributed by atoms with E-state index in [2.05, 4.69) is 10.3 Å². The minimum Gasteiger partial charge on any atom is -0.480 e. The number of benzene rings is 3. The Bertz CT molecular complexity index is 1750. The number of amides is 1. The third-order valence-corrected chi connectivity index (χ3v) is 7.31. The number of pyridine rings is 1. The van der Waals surface area contributed by atoms with Gasteiger partial charge in [0.2, 0.25) is 0 Å². The van der Waals surface area contributed by atoms with Gasteiger partial charge in [-0.2, -0.15) is 0 Å². The third-order valence-electron chi connectivity index (χ3n) is 7.31. The number of hydrogen-bond acceptors (Lipinski definition) is 6. The van der Waals surface area contributed by atoms with Crippen LogP contribution >= 0.6 is 0 Å². The molecule has 0 spiro atoms. The highest BCUT2D eigenvalue weighted by molar-refractivity contribution is 5.82. The van der Waals surface area contributed by atoms with Gasteiger partial charge in [0.1, 0.15) is 18.3 Å². The van der Waals surface area contributed by atoms with Crippen LogP contribution in [-0.4, -0.2) is 44.1 Å². The maximum Gasteiger partial charge on any atom is 0.407 e. The van der Waals surface area contributed by atoms with E-state index in [0.29, 0.717) is 22.6 Å². The van der Waals surface area contributed by atoms with E-state index in [4.69, 9.17) is 4.74 Å². The average Bonchev–Trinajstić information content (AvgIpc) is 3.51. The number of carbonyl (C=O) groups excluding carboxylic acids is 1. The molecular weight excluding hydrogens is 524 g/mol. The molecule has 1 aliphatic rings. The number of non-ortho nitro benzene ring substituents is 1. The zero-order valence-corrected chi connectivity index (χ0v) is 21.6. The lowest BCUT2D eigenvalue weighted by atomic mass is 9.98. The normalized spacial score (nSPS) is 12.9. The van der Waals surface area contributed by atoms with Gasteiger partial charge in [-0.3, -0.25) is 10.1 Å². The summed E-state index contributed by atoms with van der Waals surface area (Å²) in [7, 11) is 0. The molecule has 0 saturated heterocycles. The smallest absolute Gasteiger partial charge is 0.407 e. The predicted molar refractivity (Wildman–Crippen MR) is 151 cm³/mol. The van der Waals surface area contributed by atoms with E-state index < -0.39 is 23.0 Å². The van der Waals surface area contributed by atoms with Gasteiger partial charge in [-0.1, -0.05) is 54.6 Å². The van der Waals surface area contributed by atoms with Gasteiger partial charge in [-0.05, 0) is 46.5 Å². The molecule has 0 saturated carbocycles. The first-order valence-corrected chi connectivity index (χ1v) is 13.0. The number of carboxylic acids is 1. The molecule has 10 nitrogen and oxygen atoms in total. The second kappa shape index (κ2) is 10.6. The number of nitrogens with zero attached hydrogens (tertiary/aromatic N) is 3. The number of aliphatic carboxylic acids is 1. The van der Waals surface area contributed by atoms with Gasteiger partial charge in [0, 0.05) is 36.2 Å². The molecule has 5 aromatic rings. The van der Waals surface area contributed by atoms with Crippen LogP contribution < -0.4 is 5.32 Å². The first-order valence-electron chi connectivity index (χ1n) is 13.0. The highest BCUT2D eigenvalue weighted by atomic mass is 16.6. The quantitative estimate of drug-likeness (QED) is 0.195. The number of nitrogens with one attached hydrogen (secondary N) is 1. The van der Waals surface area contributed by atoms with Gasteiger partial charge >= 0.3 is 12.1 Å². The monoisotopic (exact) mass is 548 g/mol. The molecule has 1 unspecified atom stereocenters. The maximum atomic E-state index is 12.9. The number of imidazole rings is 1. The Labute approximate surface area is 234 Å². The summed E-state index contributed by atoms with van der Waals surface area (Å²) in [6.07, 6.45) is 0.806. The minimum atomic E-state index is -1.32. The van der Waals surface area contributed by atoms with Gasteiger partial charge < -0.3 is 19.6 Å². The minimum absolute atomic E-state index is 0.0514. The third kappa shape index (κ3) is 4.87. The fourth-order valence-electron chi connectivity index (χ4n) is 5.39. The lowest BCUT2D eigenvalue weighted by molar-refractivity contribution is -0.384. The van der Waals surface area contributed by atoms with Gasteiger partial charge in [0.05, 0.1) is 16.3 Å². The van der Waals surface area contributed by atoms with Crippen molar-refractivity contribution in [3.63, 3.8) is 0 Å². The fraction of sp³-hybridized carbons (Fsp3) is 0.129. The number of carboxylic acid groups (broad SMARTS) is 1. The van der Waals surface area contributed by atoms with Crippen molar-refractivity contribution in [3.8, 4) is 22.4 Å². The summed E-state index contributed by atoms with van der Waals surface area (Å²) < 4.78 is 7.32. The number of ether oxygens (including phenoxy) is 1. The van der Waals surface area contributed by atoms with E-state index in [9.17, 15) is 24.8 Å². The van der Waals surface area contributed by atoms with Crippen molar-refractivity contribution in [3.05, 3.63) is 124 Å². The van der Waals surface area contributed by atoms with Crippen molar-refractivity contribution in [1.82, 2.24) is 14.7 Å². The molecule has 1 amide bonds. The molecule has 1 aliphatic carbocycles. The molecule has 0 fully saturated rings. The summed E-state index contributed by atoms with van der Waals surface area (Å²) in [4.78, 5) is 40.4. The molecule has 3 aromatic carbocycles. The summed E-state index contributed by atoms with van der Waals surface area (Å²) in [6, 6.07) is 25.8. The van der Waals surface area contributed by atoms with Gasteiger partial charge in [-0.25, -0.2) is 14.6 Å². The van der Waals surface area contributed by atoms with Crippen LogP contribution in [0.25, 0.3) is 28.0 Å². The van der Waals surface area contributed by atoms with Crippen molar-refractivity contribution in [2.75, 3.05) is 6.61 Å². The van der Waals surface area contributed by atoms with Crippen molar-refractivity contribution < 1.29 is 24.4 Å². The van der Waals surface area contributed by atoms with E-state index >= 15 is 0 Å². The first-order chi connectivity index (χ1) is 19.9. The molecule has 204 valence electrons. The van der Waals surface area contributed by atoms with E-state index in [1.165, 1.54) is 12.1 Å². The number of rotatable bonds is 8. The van der Waals surface area contributed by atoms with Crippen molar-refractivity contribution in [2.24, 2.45) is 0 Å². The van der Waals surface area contributed by atoms with Gasteiger partial charge in [0.25, 0.3) is 5.69 Å². The van der Waals surface area contributed by atoms with Gasteiger partial charge in [0.15, 0.2) is 0 Å². The average molecular weight is 549 g/mol. The van der Waals surface area contributed by atoms with E-state index in [1.54, 1.807) is 40.9 Å². The molecule has 41 heavy (non-hydrogen) atoms. The Morgan fingerprint density at radius 1 is 0.951 bits per heavy atom. The summed E-state index contributed by atoms with van der Waals surface area (Å²) in [5, 5.41) is 23.6. The molecule has 2 N–H and O–H groups in total. The number of nitro benzene ring substituents is 1. The second-order valence-electron chi connectivity index (χ2n) is 9.70. The lowest BCUT2D eigenvalue weighted by Crippen LogP contribution is -2.43. The molecule has 0 bridgehead atoms. The summed E-state index contributed by atoms with van der Waals surface area (Å²) in [5.74, 6) is -1.40. The topological polar surface area (TPSA) is 136 Å².